The Balaban J connectivity index is 1.99. The second-order valence-corrected chi connectivity index (χ2v) is 3.81. The molecule has 0 bridgehead atoms. The molecular formula is C12H14N2O4. The van der Waals surface area contributed by atoms with Gasteiger partial charge in [-0.1, -0.05) is 12.1 Å². The fourth-order valence-corrected chi connectivity index (χ4v) is 1.65. The van der Waals surface area contributed by atoms with Gasteiger partial charge in [-0.15, -0.1) is 0 Å². The van der Waals surface area contributed by atoms with E-state index in [9.17, 15) is 9.59 Å². The molecule has 0 aliphatic carbocycles. The Morgan fingerprint density at radius 2 is 1.89 bits per heavy atom. The fraction of sp³-hybridized carbons (Fsp3) is 0.333. The van der Waals surface area contributed by atoms with Crippen LogP contribution in [0.5, 0.6) is 5.75 Å². The summed E-state index contributed by atoms with van der Waals surface area (Å²) in [6, 6.07) is 5.91. The van der Waals surface area contributed by atoms with Gasteiger partial charge in [-0.3, -0.25) is 10.1 Å². The first-order chi connectivity index (χ1) is 8.70. The van der Waals surface area contributed by atoms with Crippen molar-refractivity contribution in [1.82, 2.24) is 10.6 Å². The lowest BCUT2D eigenvalue weighted by Crippen LogP contribution is -2.22. The number of carbonyl (C=O) groups is 2. The molecule has 96 valence electrons. The summed E-state index contributed by atoms with van der Waals surface area (Å²) in [5.41, 5.74) is 0.720. The number of hydrogen-bond acceptors (Lipinski definition) is 4. The number of amides is 3. The summed E-state index contributed by atoms with van der Waals surface area (Å²) in [6.07, 6.45) is 0. The molecule has 18 heavy (non-hydrogen) atoms. The van der Waals surface area contributed by atoms with Gasteiger partial charge in [0.1, 0.15) is 18.4 Å². The Bertz CT molecular complexity index is 444. The molecule has 1 aromatic carbocycles. The van der Waals surface area contributed by atoms with Gasteiger partial charge in [-0.25, -0.2) is 4.79 Å². The van der Waals surface area contributed by atoms with Crippen molar-refractivity contribution in [2.24, 2.45) is 0 Å². The third-order valence-corrected chi connectivity index (χ3v) is 2.54. The number of benzene rings is 1. The minimum absolute atomic E-state index is 0.340. The number of urea groups is 1. The Morgan fingerprint density at radius 3 is 2.44 bits per heavy atom. The molecule has 2 rings (SSSR count). The summed E-state index contributed by atoms with van der Waals surface area (Å²) in [7, 11) is 1.61. The van der Waals surface area contributed by atoms with Gasteiger partial charge in [0, 0.05) is 7.11 Å². The van der Waals surface area contributed by atoms with Crippen molar-refractivity contribution >= 4 is 11.9 Å². The number of methoxy groups -OCH3 is 1. The molecule has 0 radical (unpaired) electrons. The number of nitrogens with one attached hydrogen (secondary N) is 2. The second kappa shape index (κ2) is 5.50. The lowest BCUT2D eigenvalue weighted by atomic mass is 10.1. The summed E-state index contributed by atoms with van der Waals surface area (Å²) < 4.78 is 10.3. The van der Waals surface area contributed by atoms with E-state index in [4.69, 9.17) is 9.47 Å². The van der Waals surface area contributed by atoms with Crippen LogP contribution in [0.25, 0.3) is 0 Å². The van der Waals surface area contributed by atoms with E-state index in [-0.39, 0.29) is 5.91 Å². The maximum Gasteiger partial charge on any atom is 0.322 e. The summed E-state index contributed by atoms with van der Waals surface area (Å²) in [5.74, 6) is 0.355. The van der Waals surface area contributed by atoms with Gasteiger partial charge >= 0.3 is 6.03 Å². The zero-order chi connectivity index (χ0) is 13.0. The van der Waals surface area contributed by atoms with Gasteiger partial charge in [0.25, 0.3) is 5.91 Å². The number of carbonyl (C=O) groups excluding carboxylic acids is 2. The zero-order valence-corrected chi connectivity index (χ0v) is 9.93. The number of rotatable bonds is 5. The molecule has 0 spiro atoms. The van der Waals surface area contributed by atoms with Crippen LogP contribution < -0.4 is 15.4 Å². The Hall–Kier alpha value is -2.08. The summed E-state index contributed by atoms with van der Waals surface area (Å²) in [6.45, 7) is 0.985. The molecule has 1 saturated heterocycles. The Labute approximate surface area is 104 Å². The molecule has 2 N–H and O–H groups in total. The van der Waals surface area contributed by atoms with E-state index in [0.29, 0.717) is 19.0 Å². The van der Waals surface area contributed by atoms with Crippen LogP contribution in [0.2, 0.25) is 0 Å². The molecule has 0 aromatic heterocycles. The zero-order valence-electron chi connectivity index (χ0n) is 9.93. The highest BCUT2D eigenvalue weighted by atomic mass is 16.5. The van der Waals surface area contributed by atoms with Crippen molar-refractivity contribution in [3.8, 4) is 5.75 Å². The van der Waals surface area contributed by atoms with Gasteiger partial charge in [-0.05, 0) is 17.7 Å². The standard InChI is InChI=1S/C12H14N2O4/c1-17-6-7-18-9-4-2-8(3-5-9)10-11(15)14-12(16)13-10/h2-5,10H,6-7H2,1H3,(H2,13,14,15,16)/t10-/m0/s1. The average Bonchev–Trinajstić information content (AvgIpc) is 2.70. The maximum absolute atomic E-state index is 11.4. The topological polar surface area (TPSA) is 76.7 Å². The first-order valence-corrected chi connectivity index (χ1v) is 5.54. The molecular weight excluding hydrogens is 236 g/mol. The van der Waals surface area contributed by atoms with Gasteiger partial charge in [0.2, 0.25) is 0 Å². The molecule has 1 fully saturated rings. The molecule has 0 unspecified atom stereocenters. The van der Waals surface area contributed by atoms with Gasteiger partial charge in [-0.2, -0.15) is 0 Å². The van der Waals surface area contributed by atoms with E-state index in [1.165, 1.54) is 0 Å². The molecule has 1 aliphatic rings. The summed E-state index contributed by atoms with van der Waals surface area (Å²) in [4.78, 5) is 22.4. The predicted molar refractivity (Wildman–Crippen MR) is 63.2 cm³/mol. The van der Waals surface area contributed by atoms with E-state index in [2.05, 4.69) is 10.6 Å². The van der Waals surface area contributed by atoms with Crippen LogP contribution in [0.3, 0.4) is 0 Å². The third-order valence-electron chi connectivity index (χ3n) is 2.54. The lowest BCUT2D eigenvalue weighted by Gasteiger charge is -2.09. The largest absolute Gasteiger partial charge is 0.491 e. The van der Waals surface area contributed by atoms with Gasteiger partial charge in [0.15, 0.2) is 0 Å². The summed E-state index contributed by atoms with van der Waals surface area (Å²) in [5, 5.41) is 4.72. The van der Waals surface area contributed by atoms with Crippen molar-refractivity contribution in [2.45, 2.75) is 6.04 Å². The van der Waals surface area contributed by atoms with Crippen LogP contribution >= 0.6 is 0 Å². The molecule has 6 nitrogen and oxygen atoms in total. The summed E-state index contributed by atoms with van der Waals surface area (Å²) >= 11 is 0. The van der Waals surface area contributed by atoms with Crippen molar-refractivity contribution in [2.75, 3.05) is 20.3 Å². The Morgan fingerprint density at radius 1 is 1.17 bits per heavy atom. The number of ether oxygens (including phenoxy) is 2. The fourth-order valence-electron chi connectivity index (χ4n) is 1.65. The van der Waals surface area contributed by atoms with Crippen molar-refractivity contribution in [1.29, 1.82) is 0 Å². The highest BCUT2D eigenvalue weighted by Crippen LogP contribution is 2.20. The molecule has 1 aromatic rings. The first kappa shape index (κ1) is 12.4. The first-order valence-electron chi connectivity index (χ1n) is 5.54. The van der Waals surface area contributed by atoms with E-state index >= 15 is 0 Å². The van der Waals surface area contributed by atoms with Crippen LogP contribution in [-0.2, 0) is 9.53 Å². The van der Waals surface area contributed by atoms with E-state index in [1.54, 1.807) is 31.4 Å². The second-order valence-electron chi connectivity index (χ2n) is 3.81. The van der Waals surface area contributed by atoms with Crippen LogP contribution in [0, 0.1) is 0 Å². The predicted octanol–water partition coefficient (Wildman–Crippen LogP) is 0.592. The van der Waals surface area contributed by atoms with Gasteiger partial charge in [0.05, 0.1) is 6.61 Å². The van der Waals surface area contributed by atoms with Crippen LogP contribution in [0.4, 0.5) is 4.79 Å². The molecule has 6 heteroatoms. The lowest BCUT2D eigenvalue weighted by molar-refractivity contribution is -0.120. The SMILES string of the molecule is COCCOc1ccc([C@@H]2NC(=O)NC2=O)cc1. The van der Waals surface area contributed by atoms with E-state index in [1.807, 2.05) is 0 Å². The maximum atomic E-state index is 11.4. The minimum Gasteiger partial charge on any atom is -0.491 e. The van der Waals surface area contributed by atoms with Crippen molar-refractivity contribution in [3.05, 3.63) is 29.8 Å². The molecule has 1 atom stereocenters. The van der Waals surface area contributed by atoms with E-state index in [0.717, 1.165) is 5.56 Å². The smallest absolute Gasteiger partial charge is 0.322 e. The van der Waals surface area contributed by atoms with Crippen molar-refractivity contribution < 1.29 is 19.1 Å². The molecule has 3 amide bonds. The minimum atomic E-state index is -0.620. The van der Waals surface area contributed by atoms with E-state index < -0.39 is 12.1 Å². The normalized spacial score (nSPS) is 18.4. The molecule has 1 aliphatic heterocycles. The quantitative estimate of drug-likeness (QED) is 0.592. The highest BCUT2D eigenvalue weighted by Gasteiger charge is 2.30. The molecule has 0 saturated carbocycles. The average molecular weight is 250 g/mol. The van der Waals surface area contributed by atoms with Gasteiger partial charge < -0.3 is 14.8 Å². The monoisotopic (exact) mass is 250 g/mol. The number of hydrogen-bond donors (Lipinski definition) is 2. The highest BCUT2D eigenvalue weighted by molar-refractivity contribution is 6.04. The third kappa shape index (κ3) is 2.78. The van der Waals surface area contributed by atoms with Crippen LogP contribution in [0.1, 0.15) is 11.6 Å². The number of imide groups is 1. The van der Waals surface area contributed by atoms with Crippen LogP contribution in [-0.4, -0.2) is 32.3 Å². The molecule has 1 heterocycles. The Kier molecular flexibility index (Phi) is 3.78. The van der Waals surface area contributed by atoms with Crippen molar-refractivity contribution in [3.63, 3.8) is 0 Å². The van der Waals surface area contributed by atoms with Crippen LogP contribution in [0.15, 0.2) is 24.3 Å².